The van der Waals surface area contributed by atoms with Gasteiger partial charge in [0.1, 0.15) is 17.7 Å². The van der Waals surface area contributed by atoms with E-state index in [0.717, 1.165) is 17.8 Å². The van der Waals surface area contributed by atoms with Gasteiger partial charge in [-0.05, 0) is 31.2 Å². The monoisotopic (exact) mass is 325 g/mol. The fourth-order valence-corrected chi connectivity index (χ4v) is 3.79. The van der Waals surface area contributed by atoms with Gasteiger partial charge in [-0.2, -0.15) is 4.31 Å². The largest absolute Gasteiger partial charge is 0.368 e. The Morgan fingerprint density at radius 2 is 2.09 bits per heavy atom. The summed E-state index contributed by atoms with van der Waals surface area (Å²) < 4.78 is 45.1. The van der Waals surface area contributed by atoms with Crippen molar-refractivity contribution in [3.8, 4) is 0 Å². The number of aromatic nitrogens is 2. The minimum absolute atomic E-state index is 0.0742. The predicted octanol–water partition coefficient (Wildman–Crippen LogP) is 1.62. The van der Waals surface area contributed by atoms with Gasteiger partial charge in [-0.3, -0.25) is 0 Å². The SMILES string of the molecule is Cc1cnc([C@H]2CN(S(=O)(=O)c3ccc(F)cc3)CCO2)[nH]1. The molecule has 1 atom stereocenters. The zero-order chi connectivity index (χ0) is 15.7. The van der Waals surface area contributed by atoms with Gasteiger partial charge >= 0.3 is 0 Å². The maximum absolute atomic E-state index is 13.0. The van der Waals surface area contributed by atoms with E-state index >= 15 is 0 Å². The van der Waals surface area contributed by atoms with E-state index in [4.69, 9.17) is 4.74 Å². The summed E-state index contributed by atoms with van der Waals surface area (Å²) in [5.41, 5.74) is 0.886. The van der Waals surface area contributed by atoms with Crippen molar-refractivity contribution in [1.82, 2.24) is 14.3 Å². The molecule has 1 aromatic heterocycles. The maximum Gasteiger partial charge on any atom is 0.243 e. The van der Waals surface area contributed by atoms with Crippen LogP contribution >= 0.6 is 0 Å². The number of aromatic amines is 1. The lowest BCUT2D eigenvalue weighted by atomic mass is 10.3. The Kier molecular flexibility index (Phi) is 3.98. The van der Waals surface area contributed by atoms with Crippen molar-refractivity contribution in [3.63, 3.8) is 0 Å². The molecule has 8 heteroatoms. The van der Waals surface area contributed by atoms with Crippen molar-refractivity contribution < 1.29 is 17.5 Å². The highest BCUT2D eigenvalue weighted by Gasteiger charge is 2.32. The molecule has 0 aliphatic carbocycles. The van der Waals surface area contributed by atoms with Gasteiger partial charge in [-0.25, -0.2) is 17.8 Å². The Morgan fingerprint density at radius 3 is 2.73 bits per heavy atom. The molecule has 2 heterocycles. The van der Waals surface area contributed by atoms with Gasteiger partial charge in [0.15, 0.2) is 0 Å². The quantitative estimate of drug-likeness (QED) is 0.930. The van der Waals surface area contributed by atoms with Crippen LogP contribution in [-0.4, -0.2) is 42.4 Å². The third kappa shape index (κ3) is 2.90. The van der Waals surface area contributed by atoms with Crippen LogP contribution in [0.1, 0.15) is 17.6 Å². The third-order valence-electron chi connectivity index (χ3n) is 3.51. The van der Waals surface area contributed by atoms with E-state index in [-0.39, 0.29) is 24.6 Å². The molecule has 118 valence electrons. The smallest absolute Gasteiger partial charge is 0.243 e. The number of imidazole rings is 1. The molecule has 6 nitrogen and oxygen atoms in total. The summed E-state index contributed by atoms with van der Waals surface area (Å²) in [6.07, 6.45) is 1.24. The van der Waals surface area contributed by atoms with Crippen LogP contribution in [0.2, 0.25) is 0 Å². The lowest BCUT2D eigenvalue weighted by Crippen LogP contribution is -2.42. The number of ether oxygens (including phenoxy) is 1. The van der Waals surface area contributed by atoms with Gasteiger partial charge in [-0.1, -0.05) is 0 Å². The van der Waals surface area contributed by atoms with Crippen LogP contribution in [0.5, 0.6) is 0 Å². The zero-order valence-electron chi connectivity index (χ0n) is 12.0. The number of nitrogens with zero attached hydrogens (tertiary/aromatic N) is 2. The minimum Gasteiger partial charge on any atom is -0.368 e. The highest BCUT2D eigenvalue weighted by Crippen LogP contribution is 2.25. The number of morpholine rings is 1. The van der Waals surface area contributed by atoms with E-state index in [1.165, 1.54) is 16.4 Å². The van der Waals surface area contributed by atoms with Gasteiger partial charge in [0.05, 0.1) is 11.5 Å². The normalized spacial score (nSPS) is 20.2. The number of sulfonamides is 1. The van der Waals surface area contributed by atoms with Crippen LogP contribution < -0.4 is 0 Å². The molecule has 1 aliphatic heterocycles. The van der Waals surface area contributed by atoms with Crippen molar-refractivity contribution >= 4 is 10.0 Å². The van der Waals surface area contributed by atoms with Crippen LogP contribution in [0, 0.1) is 12.7 Å². The number of hydrogen-bond acceptors (Lipinski definition) is 4. The summed E-state index contributed by atoms with van der Waals surface area (Å²) in [6, 6.07) is 4.82. The van der Waals surface area contributed by atoms with Crippen molar-refractivity contribution in [3.05, 3.63) is 47.8 Å². The molecule has 1 N–H and O–H groups in total. The molecule has 2 aromatic rings. The zero-order valence-corrected chi connectivity index (χ0v) is 12.8. The topological polar surface area (TPSA) is 75.3 Å². The Balaban J connectivity index is 1.83. The first-order chi connectivity index (χ1) is 10.5. The lowest BCUT2D eigenvalue weighted by Gasteiger charge is -2.31. The van der Waals surface area contributed by atoms with Crippen LogP contribution in [0.25, 0.3) is 0 Å². The van der Waals surface area contributed by atoms with Crippen molar-refractivity contribution in [1.29, 1.82) is 0 Å². The van der Waals surface area contributed by atoms with Crippen molar-refractivity contribution in [2.45, 2.75) is 17.9 Å². The molecule has 0 saturated carbocycles. The van der Waals surface area contributed by atoms with Gasteiger partial charge in [0, 0.05) is 25.0 Å². The Bertz CT molecular complexity index is 758. The summed E-state index contributed by atoms with van der Waals surface area (Å²) in [7, 11) is -3.67. The fraction of sp³-hybridized carbons (Fsp3) is 0.357. The maximum atomic E-state index is 13.0. The first-order valence-electron chi connectivity index (χ1n) is 6.85. The van der Waals surface area contributed by atoms with Crippen LogP contribution in [0.3, 0.4) is 0 Å². The lowest BCUT2D eigenvalue weighted by molar-refractivity contribution is -0.00711. The highest BCUT2D eigenvalue weighted by molar-refractivity contribution is 7.89. The molecule has 0 unspecified atom stereocenters. The molecule has 0 radical (unpaired) electrons. The Hall–Kier alpha value is -1.77. The van der Waals surface area contributed by atoms with Crippen LogP contribution in [0.4, 0.5) is 4.39 Å². The number of hydrogen-bond donors (Lipinski definition) is 1. The van der Waals surface area contributed by atoms with E-state index < -0.39 is 21.9 Å². The average molecular weight is 325 g/mol. The highest BCUT2D eigenvalue weighted by atomic mass is 32.2. The van der Waals surface area contributed by atoms with Crippen molar-refractivity contribution in [2.75, 3.05) is 19.7 Å². The molecule has 1 saturated heterocycles. The standard InChI is InChI=1S/C14H16FN3O3S/c1-10-8-16-14(17-10)13-9-18(6-7-21-13)22(19,20)12-4-2-11(15)3-5-12/h2-5,8,13H,6-7,9H2,1H3,(H,16,17)/t13-/m1/s1. The second kappa shape index (κ2) is 5.79. The molecular formula is C14H16FN3O3S. The Morgan fingerprint density at radius 1 is 1.36 bits per heavy atom. The van der Waals surface area contributed by atoms with Crippen LogP contribution in [-0.2, 0) is 14.8 Å². The molecule has 1 fully saturated rings. The molecule has 1 aliphatic rings. The summed E-state index contributed by atoms with van der Waals surface area (Å²) in [5.74, 6) is 0.140. The molecule has 1 aromatic carbocycles. The summed E-state index contributed by atoms with van der Waals surface area (Å²) in [5, 5.41) is 0. The van der Waals surface area contributed by atoms with E-state index in [1.807, 2.05) is 6.92 Å². The molecule has 3 rings (SSSR count). The van der Waals surface area contributed by atoms with E-state index in [1.54, 1.807) is 6.20 Å². The molecule has 22 heavy (non-hydrogen) atoms. The van der Waals surface area contributed by atoms with Gasteiger partial charge in [-0.15, -0.1) is 0 Å². The van der Waals surface area contributed by atoms with Gasteiger partial charge in [0.2, 0.25) is 10.0 Å². The van der Waals surface area contributed by atoms with Crippen molar-refractivity contribution in [2.24, 2.45) is 0 Å². The first-order valence-corrected chi connectivity index (χ1v) is 8.29. The number of aryl methyl sites for hydroxylation is 1. The van der Waals surface area contributed by atoms with E-state index in [2.05, 4.69) is 9.97 Å². The third-order valence-corrected chi connectivity index (χ3v) is 5.39. The molecule has 0 amide bonds. The number of benzene rings is 1. The predicted molar refractivity (Wildman–Crippen MR) is 77.2 cm³/mol. The van der Waals surface area contributed by atoms with Gasteiger partial charge < -0.3 is 9.72 Å². The number of rotatable bonds is 3. The second-order valence-electron chi connectivity index (χ2n) is 5.13. The van der Waals surface area contributed by atoms with Gasteiger partial charge in [0.25, 0.3) is 0 Å². The average Bonchev–Trinajstić information content (AvgIpc) is 2.94. The number of halogens is 1. The summed E-state index contributed by atoms with van der Waals surface area (Å²) >= 11 is 0. The van der Waals surface area contributed by atoms with Crippen LogP contribution in [0.15, 0.2) is 35.4 Å². The van der Waals surface area contributed by atoms with E-state index in [9.17, 15) is 12.8 Å². The fourth-order valence-electron chi connectivity index (χ4n) is 2.36. The molecule has 0 spiro atoms. The van der Waals surface area contributed by atoms with E-state index in [0.29, 0.717) is 5.82 Å². The number of nitrogens with one attached hydrogen (secondary N) is 1. The minimum atomic E-state index is -3.67. The number of H-pyrrole nitrogens is 1. The second-order valence-corrected chi connectivity index (χ2v) is 7.07. The first kappa shape index (κ1) is 15.1. The summed E-state index contributed by atoms with van der Waals surface area (Å²) in [4.78, 5) is 7.32. The molecule has 0 bridgehead atoms. The summed E-state index contributed by atoms with van der Waals surface area (Å²) in [6.45, 7) is 2.58. The molecular weight excluding hydrogens is 309 g/mol. The Labute approximate surface area is 128 Å².